The molecule has 38 heavy (non-hydrogen) atoms. The predicted molar refractivity (Wildman–Crippen MR) is 137 cm³/mol. The lowest BCUT2D eigenvalue weighted by Crippen LogP contribution is -2.42. The Morgan fingerprint density at radius 1 is 1.13 bits per heavy atom. The number of nitrogens with zero attached hydrogens (tertiary/aromatic N) is 2. The second-order valence-corrected chi connectivity index (χ2v) is 9.13. The summed E-state index contributed by atoms with van der Waals surface area (Å²) in [6, 6.07) is 2.15. The van der Waals surface area contributed by atoms with Gasteiger partial charge in [-0.3, -0.25) is 4.79 Å². The number of hydrogen-bond acceptors (Lipinski definition) is 5. The summed E-state index contributed by atoms with van der Waals surface area (Å²) in [5.41, 5.74) is -1.42. The van der Waals surface area contributed by atoms with Crippen molar-refractivity contribution in [3.05, 3.63) is 46.9 Å². The molecule has 0 atom stereocenters. The van der Waals surface area contributed by atoms with Gasteiger partial charge in [-0.05, 0) is 38.3 Å². The van der Waals surface area contributed by atoms with Crippen molar-refractivity contribution in [3.63, 3.8) is 0 Å². The Morgan fingerprint density at radius 2 is 1.76 bits per heavy atom. The van der Waals surface area contributed by atoms with Gasteiger partial charge in [0.25, 0.3) is 0 Å². The van der Waals surface area contributed by atoms with Crippen LogP contribution in [0.2, 0.25) is 0 Å². The molecular weight excluding hydrogens is 528 g/mol. The van der Waals surface area contributed by atoms with Gasteiger partial charge >= 0.3 is 12.1 Å². The highest BCUT2D eigenvalue weighted by Crippen LogP contribution is 2.40. The minimum absolute atomic E-state index is 0.0428. The molecule has 1 aliphatic rings. The summed E-state index contributed by atoms with van der Waals surface area (Å²) in [7, 11) is 1.10. The molecule has 0 saturated heterocycles. The van der Waals surface area contributed by atoms with Crippen molar-refractivity contribution in [2.75, 3.05) is 12.0 Å². The third-order valence-corrected chi connectivity index (χ3v) is 6.31. The zero-order valence-corrected chi connectivity index (χ0v) is 22.9. The Bertz CT molecular complexity index is 1120. The van der Waals surface area contributed by atoms with Gasteiger partial charge in [-0.1, -0.05) is 33.1 Å². The number of carbonyl (C=O) groups excluding carboxylic acids is 2. The second-order valence-electron chi connectivity index (χ2n) is 8.86. The van der Waals surface area contributed by atoms with E-state index in [1.54, 1.807) is 13.8 Å². The highest BCUT2D eigenvalue weighted by molar-refractivity contribution is 6.17. The van der Waals surface area contributed by atoms with Crippen LogP contribution >= 0.6 is 11.6 Å². The van der Waals surface area contributed by atoms with Crippen molar-refractivity contribution in [2.45, 2.75) is 77.9 Å². The molecule has 3 rings (SSSR count). The van der Waals surface area contributed by atoms with Crippen LogP contribution < -0.4 is 9.64 Å². The molecule has 1 amide bonds. The van der Waals surface area contributed by atoms with Crippen molar-refractivity contribution in [3.8, 4) is 11.6 Å². The Labute approximate surface area is 225 Å². The molecular formula is C27H33ClF4N2O4. The van der Waals surface area contributed by atoms with Gasteiger partial charge in [0.1, 0.15) is 5.56 Å². The first-order chi connectivity index (χ1) is 18.0. The highest BCUT2D eigenvalue weighted by Gasteiger charge is 2.37. The Hall–Kier alpha value is -2.88. The minimum Gasteiger partial charge on any atom is -0.465 e. The topological polar surface area (TPSA) is 68.7 Å². The van der Waals surface area contributed by atoms with Crippen molar-refractivity contribution in [2.24, 2.45) is 5.92 Å². The van der Waals surface area contributed by atoms with E-state index in [0.717, 1.165) is 50.8 Å². The van der Waals surface area contributed by atoms with Crippen LogP contribution in [0.25, 0.3) is 0 Å². The third kappa shape index (κ3) is 7.36. The lowest BCUT2D eigenvalue weighted by atomic mass is 9.87. The fourth-order valence-corrected chi connectivity index (χ4v) is 4.39. The van der Waals surface area contributed by atoms with E-state index in [4.69, 9.17) is 21.1 Å². The fourth-order valence-electron chi connectivity index (χ4n) is 4.25. The summed E-state index contributed by atoms with van der Waals surface area (Å²) in [5.74, 6) is -4.30. The van der Waals surface area contributed by atoms with E-state index < -0.39 is 41.2 Å². The molecule has 1 fully saturated rings. The second kappa shape index (κ2) is 13.8. The van der Waals surface area contributed by atoms with Crippen LogP contribution in [-0.4, -0.2) is 30.0 Å². The van der Waals surface area contributed by atoms with Gasteiger partial charge in [0.05, 0.1) is 18.4 Å². The number of ether oxygens (including phenoxy) is 2. The molecule has 0 N–H and O–H groups in total. The number of aromatic nitrogens is 1. The third-order valence-electron chi connectivity index (χ3n) is 6.00. The summed E-state index contributed by atoms with van der Waals surface area (Å²) in [6.07, 6.45) is 0.405. The van der Waals surface area contributed by atoms with Crippen LogP contribution in [0.15, 0.2) is 24.4 Å². The number of anilines is 1. The smallest absolute Gasteiger partial charge is 0.421 e. The first-order valence-electron chi connectivity index (χ1n) is 12.5. The van der Waals surface area contributed by atoms with Gasteiger partial charge < -0.3 is 14.4 Å². The van der Waals surface area contributed by atoms with Crippen LogP contribution in [0.3, 0.4) is 0 Å². The monoisotopic (exact) mass is 560 g/mol. The molecule has 1 aromatic heterocycles. The summed E-state index contributed by atoms with van der Waals surface area (Å²) in [4.78, 5) is 31.0. The molecule has 0 aliphatic heterocycles. The molecule has 210 valence electrons. The van der Waals surface area contributed by atoms with E-state index in [9.17, 15) is 22.8 Å². The maximum Gasteiger partial charge on any atom is 0.421 e. The Balaban J connectivity index is 0.00000247. The minimum atomic E-state index is -4.85. The van der Waals surface area contributed by atoms with Crippen LogP contribution in [-0.2, 0) is 21.6 Å². The molecule has 1 aromatic carbocycles. The number of carbonyl (C=O) groups is 2. The van der Waals surface area contributed by atoms with Gasteiger partial charge in [-0.15, -0.1) is 11.6 Å². The van der Waals surface area contributed by atoms with Gasteiger partial charge in [0.2, 0.25) is 11.8 Å². The van der Waals surface area contributed by atoms with E-state index in [1.165, 1.54) is 4.90 Å². The number of halogens is 5. The molecule has 0 radical (unpaired) electrons. The van der Waals surface area contributed by atoms with Gasteiger partial charge in [0, 0.05) is 36.2 Å². The van der Waals surface area contributed by atoms with Crippen LogP contribution in [0.5, 0.6) is 11.6 Å². The molecule has 0 unspecified atom stereocenters. The number of methoxy groups -OCH3 is 1. The summed E-state index contributed by atoms with van der Waals surface area (Å²) >= 11 is 5.62. The number of alkyl halides is 4. The number of benzene rings is 1. The SMILES string of the molecule is CC.COC(=O)c1cc(Oc2ncc(CCl)cc2C(F)(F)F)c(F)cc1N(C(=O)C1CCCCC1)C(C)C. The van der Waals surface area contributed by atoms with E-state index in [1.807, 2.05) is 13.8 Å². The molecule has 1 heterocycles. The number of pyridine rings is 1. The summed E-state index contributed by atoms with van der Waals surface area (Å²) in [5, 5.41) is 0. The molecule has 6 nitrogen and oxygen atoms in total. The molecule has 2 aromatic rings. The Morgan fingerprint density at radius 3 is 2.29 bits per heavy atom. The quantitative estimate of drug-likeness (QED) is 0.195. The van der Waals surface area contributed by atoms with Gasteiger partial charge in [-0.25, -0.2) is 14.2 Å². The zero-order chi connectivity index (χ0) is 28.6. The number of rotatable bonds is 7. The average Bonchev–Trinajstić information content (AvgIpc) is 2.90. The average molecular weight is 561 g/mol. The predicted octanol–water partition coefficient (Wildman–Crippen LogP) is 7.91. The zero-order valence-electron chi connectivity index (χ0n) is 22.1. The molecule has 0 spiro atoms. The number of amides is 1. The van der Waals surface area contributed by atoms with E-state index >= 15 is 4.39 Å². The van der Waals surface area contributed by atoms with Crippen LogP contribution in [0.1, 0.15) is 81.3 Å². The van der Waals surface area contributed by atoms with Crippen molar-refractivity contribution in [1.82, 2.24) is 4.98 Å². The number of esters is 1. The maximum atomic E-state index is 15.2. The summed E-state index contributed by atoms with van der Waals surface area (Å²) < 4.78 is 66.0. The van der Waals surface area contributed by atoms with Crippen LogP contribution in [0.4, 0.5) is 23.2 Å². The molecule has 1 aliphatic carbocycles. The summed E-state index contributed by atoms with van der Waals surface area (Å²) in [6.45, 7) is 7.45. The largest absolute Gasteiger partial charge is 0.465 e. The Kier molecular flexibility index (Phi) is 11.4. The van der Waals surface area contributed by atoms with Crippen molar-refractivity contribution < 1.29 is 36.6 Å². The molecule has 1 saturated carbocycles. The molecule has 11 heteroatoms. The van der Waals surface area contributed by atoms with E-state index in [0.29, 0.717) is 12.8 Å². The maximum absolute atomic E-state index is 15.2. The van der Waals surface area contributed by atoms with Crippen LogP contribution in [0, 0.1) is 11.7 Å². The van der Waals surface area contributed by atoms with E-state index in [-0.39, 0.29) is 34.5 Å². The van der Waals surface area contributed by atoms with Gasteiger partial charge in [0.15, 0.2) is 11.6 Å². The first kappa shape index (κ1) is 31.3. The van der Waals surface area contributed by atoms with Crippen molar-refractivity contribution >= 4 is 29.2 Å². The first-order valence-corrected chi connectivity index (χ1v) is 13.1. The lowest BCUT2D eigenvalue weighted by molar-refractivity contribution is -0.139. The van der Waals surface area contributed by atoms with Gasteiger partial charge in [-0.2, -0.15) is 13.2 Å². The number of hydrogen-bond donors (Lipinski definition) is 0. The normalized spacial score (nSPS) is 14.0. The van der Waals surface area contributed by atoms with Crippen molar-refractivity contribution in [1.29, 1.82) is 0 Å². The highest BCUT2D eigenvalue weighted by atomic mass is 35.5. The van der Waals surface area contributed by atoms with E-state index in [2.05, 4.69) is 4.98 Å². The standard InChI is InChI=1S/C25H27ClF4N2O4.C2H6/c1-14(2)32(23(33)16-7-5-4-6-8-16)20-11-19(27)21(10-17(20)24(34)35-3)36-22-18(25(28,29)30)9-15(12-26)13-31-22;1-2/h9-11,13-14,16H,4-8,12H2,1-3H3;1-2H3. The molecule has 0 bridgehead atoms. The lowest BCUT2D eigenvalue weighted by Gasteiger charge is -2.33. The fraction of sp³-hybridized carbons (Fsp3) is 0.519.